The second kappa shape index (κ2) is 8.52. The minimum Gasteiger partial charge on any atom is -0.497 e. The molecular weight excluding hydrogens is 434 g/mol. The van der Waals surface area contributed by atoms with Crippen molar-refractivity contribution in [2.24, 2.45) is 5.10 Å². The van der Waals surface area contributed by atoms with Crippen LogP contribution in [-0.4, -0.2) is 38.4 Å². The van der Waals surface area contributed by atoms with E-state index in [1.807, 2.05) is 23.6 Å². The van der Waals surface area contributed by atoms with E-state index in [2.05, 4.69) is 9.82 Å². The Kier molecular flexibility index (Phi) is 5.79. The highest BCUT2D eigenvalue weighted by Crippen LogP contribution is 2.36. The molecule has 0 radical (unpaired) electrons. The van der Waals surface area contributed by atoms with Gasteiger partial charge in [0.15, 0.2) is 0 Å². The van der Waals surface area contributed by atoms with Gasteiger partial charge in [-0.2, -0.15) is 5.10 Å². The van der Waals surface area contributed by atoms with Gasteiger partial charge in [0.1, 0.15) is 5.75 Å². The first-order valence-corrected chi connectivity index (χ1v) is 12.3. The maximum Gasteiger partial charge on any atom is 0.274 e. The second-order valence-electron chi connectivity index (χ2n) is 7.12. The third-order valence-corrected chi connectivity index (χ3v) is 6.39. The maximum absolute atomic E-state index is 13.3. The summed E-state index contributed by atoms with van der Waals surface area (Å²) >= 11 is 1.57. The number of carbonyl (C=O) groups excluding carboxylic acids is 1. The lowest BCUT2D eigenvalue weighted by Gasteiger charge is -2.20. The van der Waals surface area contributed by atoms with Gasteiger partial charge in [0, 0.05) is 22.5 Å². The molecule has 3 aromatic rings. The highest BCUT2D eigenvalue weighted by Gasteiger charge is 2.34. The predicted molar refractivity (Wildman–Crippen MR) is 122 cm³/mol. The summed E-state index contributed by atoms with van der Waals surface area (Å²) in [6, 6.07) is 17.7. The molecule has 0 unspecified atom stereocenters. The van der Waals surface area contributed by atoms with E-state index in [1.165, 1.54) is 5.01 Å². The van der Waals surface area contributed by atoms with Gasteiger partial charge in [-0.1, -0.05) is 24.3 Å². The molecule has 0 saturated carbocycles. The molecule has 1 aromatic heterocycles. The van der Waals surface area contributed by atoms with Crippen LogP contribution in [0.15, 0.2) is 71.1 Å². The number of nitrogens with zero attached hydrogens (tertiary/aromatic N) is 2. The molecular formula is C22H21N3O4S2. The Balaban J connectivity index is 1.70. The van der Waals surface area contributed by atoms with Crippen LogP contribution in [0.25, 0.3) is 0 Å². The molecule has 1 N–H and O–H groups in total. The zero-order chi connectivity index (χ0) is 22.0. The number of methoxy groups -OCH3 is 1. The fraction of sp³-hybridized carbons (Fsp3) is 0.182. The molecule has 0 aliphatic carbocycles. The van der Waals surface area contributed by atoms with E-state index in [0.717, 1.165) is 16.7 Å². The zero-order valence-corrected chi connectivity index (χ0v) is 18.6. The molecule has 1 aliphatic rings. The van der Waals surface area contributed by atoms with Crippen molar-refractivity contribution in [3.63, 3.8) is 0 Å². The number of sulfonamides is 1. The molecule has 1 amide bonds. The maximum atomic E-state index is 13.3. The van der Waals surface area contributed by atoms with Gasteiger partial charge in [0.2, 0.25) is 10.0 Å². The van der Waals surface area contributed by atoms with Gasteiger partial charge in [-0.3, -0.25) is 9.52 Å². The van der Waals surface area contributed by atoms with E-state index in [9.17, 15) is 13.2 Å². The third kappa shape index (κ3) is 4.78. The standard InChI is InChI=1S/C22H21N3O4S2/c1-29-18-9-4-7-16(13-18)22(26)25-20(21-10-5-11-30-21)14-19(23-25)15-6-3-8-17(12-15)24-31(2,27)28/h3-13,20,24H,14H2,1-2H3/t20-/m1/s1. The number of carbonyl (C=O) groups is 1. The van der Waals surface area contributed by atoms with Crippen LogP contribution in [0.5, 0.6) is 5.75 Å². The Morgan fingerprint density at radius 2 is 1.97 bits per heavy atom. The summed E-state index contributed by atoms with van der Waals surface area (Å²) in [6.07, 6.45) is 1.63. The number of anilines is 1. The highest BCUT2D eigenvalue weighted by atomic mass is 32.2. The number of nitrogens with one attached hydrogen (secondary N) is 1. The van der Waals surface area contributed by atoms with Crippen LogP contribution >= 0.6 is 11.3 Å². The minimum atomic E-state index is -3.40. The van der Waals surface area contributed by atoms with Gasteiger partial charge in [0.05, 0.1) is 25.1 Å². The van der Waals surface area contributed by atoms with Crippen LogP contribution in [0.3, 0.4) is 0 Å². The molecule has 0 bridgehead atoms. The van der Waals surface area contributed by atoms with Gasteiger partial charge < -0.3 is 4.74 Å². The molecule has 2 aromatic carbocycles. The summed E-state index contributed by atoms with van der Waals surface area (Å²) in [7, 11) is -1.84. The lowest BCUT2D eigenvalue weighted by atomic mass is 10.0. The van der Waals surface area contributed by atoms with Gasteiger partial charge in [-0.25, -0.2) is 13.4 Å². The summed E-state index contributed by atoms with van der Waals surface area (Å²) in [6.45, 7) is 0. The minimum absolute atomic E-state index is 0.224. The Hall–Kier alpha value is -3.17. The lowest BCUT2D eigenvalue weighted by Crippen LogP contribution is -2.26. The number of hydrogen-bond acceptors (Lipinski definition) is 6. The number of rotatable bonds is 6. The number of thiophene rings is 1. The van der Waals surface area contributed by atoms with Crippen molar-refractivity contribution in [2.45, 2.75) is 12.5 Å². The van der Waals surface area contributed by atoms with Gasteiger partial charge in [-0.05, 0) is 47.3 Å². The average Bonchev–Trinajstić information content (AvgIpc) is 3.42. The fourth-order valence-electron chi connectivity index (χ4n) is 3.44. The first-order chi connectivity index (χ1) is 14.8. The van der Waals surface area contributed by atoms with Gasteiger partial charge in [0.25, 0.3) is 5.91 Å². The summed E-state index contributed by atoms with van der Waals surface area (Å²) in [4.78, 5) is 14.4. The summed E-state index contributed by atoms with van der Waals surface area (Å²) in [5.74, 6) is 0.374. The van der Waals surface area contributed by atoms with E-state index in [0.29, 0.717) is 29.1 Å². The molecule has 1 atom stereocenters. The molecule has 2 heterocycles. The quantitative estimate of drug-likeness (QED) is 0.606. The molecule has 0 spiro atoms. The topological polar surface area (TPSA) is 88.1 Å². The van der Waals surface area contributed by atoms with Crippen molar-refractivity contribution >= 4 is 38.7 Å². The van der Waals surface area contributed by atoms with Crippen LogP contribution < -0.4 is 9.46 Å². The third-order valence-electron chi connectivity index (χ3n) is 4.81. The second-order valence-corrected chi connectivity index (χ2v) is 9.85. The predicted octanol–water partition coefficient (Wildman–Crippen LogP) is 4.12. The summed E-state index contributed by atoms with van der Waals surface area (Å²) < 4.78 is 30.9. The monoisotopic (exact) mass is 455 g/mol. The lowest BCUT2D eigenvalue weighted by molar-refractivity contribution is 0.0713. The number of hydrogen-bond donors (Lipinski definition) is 1. The van der Waals surface area contributed by atoms with Crippen molar-refractivity contribution in [2.75, 3.05) is 18.1 Å². The number of amides is 1. The normalized spacial score (nSPS) is 16.1. The molecule has 9 heteroatoms. The van der Waals surface area contributed by atoms with Crippen LogP contribution in [0.1, 0.15) is 33.3 Å². The molecule has 1 aliphatic heterocycles. The summed E-state index contributed by atoms with van der Waals surface area (Å²) in [5, 5.41) is 8.13. The van der Waals surface area contributed by atoms with Gasteiger partial charge in [-0.15, -0.1) is 11.3 Å². The van der Waals surface area contributed by atoms with Crippen molar-refractivity contribution in [3.05, 3.63) is 82.0 Å². The van der Waals surface area contributed by atoms with E-state index in [4.69, 9.17) is 4.74 Å². The highest BCUT2D eigenvalue weighted by molar-refractivity contribution is 7.92. The summed E-state index contributed by atoms with van der Waals surface area (Å²) in [5.41, 5.74) is 2.41. The Bertz CT molecular complexity index is 1240. The van der Waals surface area contributed by atoms with E-state index >= 15 is 0 Å². The Morgan fingerprint density at radius 3 is 2.68 bits per heavy atom. The SMILES string of the molecule is COc1cccc(C(=O)N2N=C(c3cccc(NS(C)(=O)=O)c3)C[C@@H]2c2cccs2)c1. The number of benzene rings is 2. The van der Waals surface area contributed by atoms with Crippen molar-refractivity contribution in [3.8, 4) is 5.75 Å². The zero-order valence-electron chi connectivity index (χ0n) is 17.0. The van der Waals surface area contributed by atoms with E-state index in [1.54, 1.807) is 60.9 Å². The number of hydrazone groups is 1. The first kappa shape index (κ1) is 21.1. The molecule has 160 valence electrons. The van der Waals surface area contributed by atoms with Crippen LogP contribution in [0.2, 0.25) is 0 Å². The number of ether oxygens (including phenoxy) is 1. The van der Waals surface area contributed by atoms with Gasteiger partial charge >= 0.3 is 0 Å². The van der Waals surface area contributed by atoms with Crippen molar-refractivity contribution < 1.29 is 17.9 Å². The van der Waals surface area contributed by atoms with Crippen LogP contribution in [0.4, 0.5) is 5.69 Å². The molecule has 31 heavy (non-hydrogen) atoms. The van der Waals surface area contributed by atoms with Crippen LogP contribution in [-0.2, 0) is 10.0 Å². The molecule has 0 saturated heterocycles. The van der Waals surface area contributed by atoms with E-state index in [-0.39, 0.29) is 11.9 Å². The Morgan fingerprint density at radius 1 is 1.16 bits per heavy atom. The first-order valence-electron chi connectivity index (χ1n) is 9.51. The average molecular weight is 456 g/mol. The molecule has 4 rings (SSSR count). The fourth-order valence-corrected chi connectivity index (χ4v) is 4.81. The smallest absolute Gasteiger partial charge is 0.274 e. The molecule has 0 fully saturated rings. The van der Waals surface area contributed by atoms with E-state index < -0.39 is 10.0 Å². The van der Waals surface area contributed by atoms with Crippen LogP contribution in [0, 0.1) is 0 Å². The molecule has 7 nitrogen and oxygen atoms in total. The van der Waals surface area contributed by atoms with Crippen molar-refractivity contribution in [1.29, 1.82) is 0 Å². The largest absolute Gasteiger partial charge is 0.497 e. The van der Waals surface area contributed by atoms with Crippen molar-refractivity contribution in [1.82, 2.24) is 5.01 Å². The Labute approximate surface area is 185 Å².